The average Bonchev–Trinajstić information content (AvgIpc) is 2.66. The van der Waals surface area contributed by atoms with Gasteiger partial charge in [-0.15, -0.1) is 0 Å². The van der Waals surface area contributed by atoms with Gasteiger partial charge in [0.1, 0.15) is 5.82 Å². The zero-order chi connectivity index (χ0) is 13.3. The van der Waals surface area contributed by atoms with Gasteiger partial charge in [0.15, 0.2) is 0 Å². The van der Waals surface area contributed by atoms with E-state index in [1.165, 1.54) is 19.3 Å². The molecular weight excluding hydrogens is 224 g/mol. The molecular formula is C14H26N4. The molecule has 0 atom stereocenters. The van der Waals surface area contributed by atoms with Crippen LogP contribution in [0.15, 0.2) is 0 Å². The molecule has 0 radical (unpaired) electrons. The molecule has 0 amide bonds. The van der Waals surface area contributed by atoms with E-state index in [2.05, 4.69) is 30.8 Å². The van der Waals surface area contributed by atoms with Crippen molar-refractivity contribution in [1.29, 1.82) is 0 Å². The van der Waals surface area contributed by atoms with Gasteiger partial charge in [0.05, 0.1) is 11.4 Å². The lowest BCUT2D eigenvalue weighted by Gasteiger charge is -2.39. The van der Waals surface area contributed by atoms with Crippen LogP contribution in [0.3, 0.4) is 0 Å². The molecule has 1 saturated heterocycles. The fourth-order valence-corrected chi connectivity index (χ4v) is 2.83. The molecule has 0 aromatic carbocycles. The molecule has 0 unspecified atom stereocenters. The van der Waals surface area contributed by atoms with Crippen molar-refractivity contribution in [2.24, 2.45) is 12.5 Å². The van der Waals surface area contributed by atoms with Gasteiger partial charge in [-0.1, -0.05) is 27.2 Å². The Hall–Kier alpha value is -1.19. The first-order chi connectivity index (χ1) is 8.50. The number of hydrogen-bond donors (Lipinski definition) is 1. The molecule has 1 aromatic rings. The van der Waals surface area contributed by atoms with E-state index >= 15 is 0 Å². The Labute approximate surface area is 110 Å². The van der Waals surface area contributed by atoms with Gasteiger partial charge in [-0.05, 0) is 24.7 Å². The van der Waals surface area contributed by atoms with E-state index in [-0.39, 0.29) is 0 Å². The third-order valence-electron chi connectivity index (χ3n) is 4.59. The average molecular weight is 250 g/mol. The SMILES string of the molecule is CCc1nn(C)c(N2CCC(C)(CC)CC2)c1N. The summed E-state index contributed by atoms with van der Waals surface area (Å²) in [6, 6.07) is 0. The van der Waals surface area contributed by atoms with Crippen LogP contribution in [0.25, 0.3) is 0 Å². The molecule has 18 heavy (non-hydrogen) atoms. The molecule has 2 rings (SSSR count). The first-order valence-electron chi connectivity index (χ1n) is 7.07. The number of rotatable bonds is 3. The predicted octanol–water partition coefficient (Wildman–Crippen LogP) is 2.58. The Balaban J connectivity index is 2.17. The van der Waals surface area contributed by atoms with Crippen molar-refractivity contribution in [3.63, 3.8) is 0 Å². The van der Waals surface area contributed by atoms with E-state index in [0.29, 0.717) is 5.41 Å². The van der Waals surface area contributed by atoms with Crippen LogP contribution in [-0.4, -0.2) is 22.9 Å². The number of anilines is 2. The zero-order valence-electron chi connectivity index (χ0n) is 12.2. The summed E-state index contributed by atoms with van der Waals surface area (Å²) in [6.07, 6.45) is 4.66. The van der Waals surface area contributed by atoms with Crippen LogP contribution in [0.2, 0.25) is 0 Å². The number of nitrogen functional groups attached to an aromatic ring is 1. The van der Waals surface area contributed by atoms with Gasteiger partial charge in [-0.2, -0.15) is 5.10 Å². The highest BCUT2D eigenvalue weighted by Gasteiger charge is 2.30. The molecule has 0 bridgehead atoms. The second-order valence-electron chi connectivity index (χ2n) is 5.81. The van der Waals surface area contributed by atoms with E-state index in [0.717, 1.165) is 36.7 Å². The summed E-state index contributed by atoms with van der Waals surface area (Å²) in [5.74, 6) is 1.12. The van der Waals surface area contributed by atoms with Gasteiger partial charge in [-0.3, -0.25) is 4.68 Å². The molecule has 4 heteroatoms. The number of nitrogens with zero attached hydrogens (tertiary/aromatic N) is 3. The molecule has 2 heterocycles. The summed E-state index contributed by atoms with van der Waals surface area (Å²) in [4.78, 5) is 2.40. The van der Waals surface area contributed by atoms with Gasteiger partial charge in [-0.25, -0.2) is 0 Å². The highest BCUT2D eigenvalue weighted by Crippen LogP contribution is 2.37. The van der Waals surface area contributed by atoms with E-state index < -0.39 is 0 Å². The van der Waals surface area contributed by atoms with Crippen LogP contribution in [-0.2, 0) is 13.5 Å². The normalized spacial score (nSPS) is 19.2. The molecule has 1 aromatic heterocycles. The van der Waals surface area contributed by atoms with Crippen LogP contribution in [0.4, 0.5) is 11.5 Å². The second-order valence-corrected chi connectivity index (χ2v) is 5.81. The van der Waals surface area contributed by atoms with E-state index in [4.69, 9.17) is 5.73 Å². The van der Waals surface area contributed by atoms with E-state index in [1.54, 1.807) is 0 Å². The second kappa shape index (κ2) is 4.82. The quantitative estimate of drug-likeness (QED) is 0.897. The Kier molecular flexibility index (Phi) is 3.55. The van der Waals surface area contributed by atoms with Gasteiger partial charge >= 0.3 is 0 Å². The number of nitrogens with two attached hydrogens (primary N) is 1. The maximum atomic E-state index is 6.22. The monoisotopic (exact) mass is 250 g/mol. The van der Waals surface area contributed by atoms with Crippen molar-refractivity contribution in [3.05, 3.63) is 5.69 Å². The van der Waals surface area contributed by atoms with Crippen molar-refractivity contribution >= 4 is 11.5 Å². The number of hydrogen-bond acceptors (Lipinski definition) is 3. The van der Waals surface area contributed by atoms with Gasteiger partial charge in [0, 0.05) is 20.1 Å². The Morgan fingerprint density at radius 2 is 1.89 bits per heavy atom. The third-order valence-corrected chi connectivity index (χ3v) is 4.59. The standard InChI is InChI=1S/C14H26N4/c1-5-11-12(15)13(17(4)16-11)18-9-7-14(3,6-2)8-10-18/h5-10,15H2,1-4H3. The summed E-state index contributed by atoms with van der Waals surface area (Å²) >= 11 is 0. The first-order valence-corrected chi connectivity index (χ1v) is 7.07. The maximum Gasteiger partial charge on any atom is 0.150 e. The van der Waals surface area contributed by atoms with Gasteiger partial charge in [0.25, 0.3) is 0 Å². The smallest absolute Gasteiger partial charge is 0.150 e. The summed E-state index contributed by atoms with van der Waals surface area (Å²) in [6.45, 7) is 8.99. The molecule has 1 fully saturated rings. The van der Waals surface area contributed by atoms with Crippen molar-refractivity contribution in [1.82, 2.24) is 9.78 Å². The minimum absolute atomic E-state index is 0.511. The highest BCUT2D eigenvalue weighted by atomic mass is 15.4. The largest absolute Gasteiger partial charge is 0.394 e. The molecule has 2 N–H and O–H groups in total. The maximum absolute atomic E-state index is 6.22. The van der Waals surface area contributed by atoms with E-state index in [1.807, 2.05) is 11.7 Å². The van der Waals surface area contributed by atoms with Crippen molar-refractivity contribution in [2.45, 2.75) is 46.5 Å². The van der Waals surface area contributed by atoms with Crippen molar-refractivity contribution < 1.29 is 0 Å². The summed E-state index contributed by atoms with van der Waals surface area (Å²) in [7, 11) is 2.00. The fraction of sp³-hybridized carbons (Fsp3) is 0.786. The summed E-state index contributed by atoms with van der Waals surface area (Å²) in [5, 5.41) is 4.51. The lowest BCUT2D eigenvalue weighted by Crippen LogP contribution is -2.39. The van der Waals surface area contributed by atoms with Crippen LogP contribution < -0.4 is 10.6 Å². The van der Waals surface area contributed by atoms with Crippen LogP contribution in [0.5, 0.6) is 0 Å². The molecule has 0 saturated carbocycles. The Bertz CT molecular complexity index is 414. The zero-order valence-corrected chi connectivity index (χ0v) is 12.2. The molecule has 1 aliphatic rings. The minimum Gasteiger partial charge on any atom is -0.394 e. The van der Waals surface area contributed by atoms with Crippen LogP contribution in [0.1, 0.15) is 45.7 Å². The van der Waals surface area contributed by atoms with Crippen molar-refractivity contribution in [2.75, 3.05) is 23.7 Å². The number of aryl methyl sites for hydroxylation is 2. The Morgan fingerprint density at radius 1 is 1.28 bits per heavy atom. The van der Waals surface area contributed by atoms with Crippen molar-refractivity contribution in [3.8, 4) is 0 Å². The highest BCUT2D eigenvalue weighted by molar-refractivity contribution is 5.66. The lowest BCUT2D eigenvalue weighted by atomic mass is 9.78. The first kappa shape index (κ1) is 13.2. The fourth-order valence-electron chi connectivity index (χ4n) is 2.83. The lowest BCUT2D eigenvalue weighted by molar-refractivity contribution is 0.237. The molecule has 102 valence electrons. The summed E-state index contributed by atoms with van der Waals surface area (Å²) in [5.41, 5.74) is 8.63. The Morgan fingerprint density at radius 3 is 2.33 bits per heavy atom. The predicted molar refractivity (Wildman–Crippen MR) is 76.8 cm³/mol. The molecule has 4 nitrogen and oxygen atoms in total. The summed E-state index contributed by atoms with van der Waals surface area (Å²) < 4.78 is 1.95. The third kappa shape index (κ3) is 2.20. The van der Waals surface area contributed by atoms with Crippen LogP contribution >= 0.6 is 0 Å². The number of aromatic nitrogens is 2. The topological polar surface area (TPSA) is 47.1 Å². The number of piperidine rings is 1. The molecule has 1 aliphatic heterocycles. The van der Waals surface area contributed by atoms with Crippen LogP contribution in [0, 0.1) is 5.41 Å². The minimum atomic E-state index is 0.511. The molecule has 0 aliphatic carbocycles. The van der Waals surface area contributed by atoms with Gasteiger partial charge in [0.2, 0.25) is 0 Å². The van der Waals surface area contributed by atoms with Gasteiger partial charge < -0.3 is 10.6 Å². The van der Waals surface area contributed by atoms with E-state index in [9.17, 15) is 0 Å². The molecule has 0 spiro atoms.